The van der Waals surface area contributed by atoms with Gasteiger partial charge in [0.1, 0.15) is 0 Å². The first kappa shape index (κ1) is 21.1. The topological polar surface area (TPSA) is 119 Å². The number of rotatable bonds is 7. The molecule has 2 aromatic rings. The number of nitrogens with one attached hydrogen (secondary N) is 2. The second kappa shape index (κ2) is 9.12. The van der Waals surface area contributed by atoms with E-state index in [1.165, 1.54) is 29.2 Å². The highest BCUT2D eigenvalue weighted by Crippen LogP contribution is 2.10. The van der Waals surface area contributed by atoms with E-state index < -0.39 is 22.5 Å². The molecule has 2 N–H and O–H groups in total. The van der Waals surface area contributed by atoms with Crippen molar-refractivity contribution in [3.8, 4) is 6.07 Å². The molecule has 0 fully saturated rings. The predicted octanol–water partition coefficient (Wildman–Crippen LogP) is 0.855. The molecule has 0 bridgehead atoms. The van der Waals surface area contributed by atoms with Gasteiger partial charge >= 0.3 is 0 Å². The Morgan fingerprint density at radius 1 is 1.07 bits per heavy atom. The van der Waals surface area contributed by atoms with Gasteiger partial charge in [-0.25, -0.2) is 13.1 Å². The predicted molar refractivity (Wildman–Crippen MR) is 103 cm³/mol. The Labute approximate surface area is 163 Å². The summed E-state index contributed by atoms with van der Waals surface area (Å²) >= 11 is 0. The summed E-state index contributed by atoms with van der Waals surface area (Å²) in [5, 5.41) is 11.3. The summed E-state index contributed by atoms with van der Waals surface area (Å²) in [4.78, 5) is 25.1. The van der Waals surface area contributed by atoms with Crippen LogP contribution in [-0.4, -0.2) is 45.8 Å². The van der Waals surface area contributed by atoms with Crippen LogP contribution in [0.4, 0.5) is 0 Å². The minimum Gasteiger partial charge on any atom is -0.355 e. The third kappa shape index (κ3) is 5.39. The van der Waals surface area contributed by atoms with Crippen LogP contribution in [0, 0.1) is 11.3 Å². The normalized spacial score (nSPS) is 10.8. The van der Waals surface area contributed by atoms with Crippen molar-refractivity contribution in [2.75, 3.05) is 20.6 Å². The standard InChI is InChI=1S/C19H20N4O4S/c1-21-19(25)16-7-3-15(4-8-16)13-23(2)18(24)12-22-28(26,27)17-9-5-14(11-20)6-10-17/h3-10,22H,12-13H2,1-2H3,(H,21,25). The SMILES string of the molecule is CNC(=O)c1ccc(CN(C)C(=O)CNS(=O)(=O)c2ccc(C#N)cc2)cc1. The molecule has 0 aromatic heterocycles. The van der Waals surface area contributed by atoms with Crippen molar-refractivity contribution in [1.82, 2.24) is 14.9 Å². The number of likely N-dealkylation sites (N-methyl/N-ethyl adjacent to an activating group) is 1. The van der Waals surface area contributed by atoms with Gasteiger partial charge in [-0.1, -0.05) is 12.1 Å². The van der Waals surface area contributed by atoms with Gasteiger partial charge in [-0.15, -0.1) is 0 Å². The summed E-state index contributed by atoms with van der Waals surface area (Å²) in [6.07, 6.45) is 0. The number of nitrogens with zero attached hydrogens (tertiary/aromatic N) is 2. The highest BCUT2D eigenvalue weighted by molar-refractivity contribution is 7.89. The third-order valence-corrected chi connectivity index (χ3v) is 5.41. The van der Waals surface area contributed by atoms with Gasteiger partial charge in [0.25, 0.3) is 5.91 Å². The third-order valence-electron chi connectivity index (χ3n) is 4.00. The first-order valence-electron chi connectivity index (χ1n) is 8.31. The Morgan fingerprint density at radius 2 is 1.68 bits per heavy atom. The Balaban J connectivity index is 1.94. The summed E-state index contributed by atoms with van der Waals surface area (Å²) in [7, 11) is -0.752. The second-order valence-corrected chi connectivity index (χ2v) is 7.75. The monoisotopic (exact) mass is 400 g/mol. The molecule has 0 spiro atoms. The fourth-order valence-electron chi connectivity index (χ4n) is 2.35. The summed E-state index contributed by atoms with van der Waals surface area (Å²) in [5.74, 6) is -0.610. The lowest BCUT2D eigenvalue weighted by Gasteiger charge is -2.18. The largest absolute Gasteiger partial charge is 0.355 e. The first-order valence-corrected chi connectivity index (χ1v) is 9.80. The summed E-state index contributed by atoms with van der Waals surface area (Å²) in [6.45, 7) is -0.124. The van der Waals surface area contributed by atoms with E-state index in [0.717, 1.165) is 5.56 Å². The minimum atomic E-state index is -3.86. The molecular weight excluding hydrogens is 380 g/mol. The van der Waals surface area contributed by atoms with Gasteiger partial charge in [0.15, 0.2) is 0 Å². The van der Waals surface area contributed by atoms with E-state index in [0.29, 0.717) is 11.1 Å². The van der Waals surface area contributed by atoms with Crippen molar-refractivity contribution < 1.29 is 18.0 Å². The average Bonchev–Trinajstić information content (AvgIpc) is 2.72. The molecule has 0 atom stereocenters. The van der Waals surface area contributed by atoms with E-state index in [1.807, 2.05) is 6.07 Å². The highest BCUT2D eigenvalue weighted by Gasteiger charge is 2.17. The van der Waals surface area contributed by atoms with Gasteiger partial charge in [0.2, 0.25) is 15.9 Å². The Morgan fingerprint density at radius 3 is 2.21 bits per heavy atom. The van der Waals surface area contributed by atoms with E-state index in [2.05, 4.69) is 10.0 Å². The fraction of sp³-hybridized carbons (Fsp3) is 0.211. The number of carbonyl (C=O) groups is 2. The maximum Gasteiger partial charge on any atom is 0.251 e. The molecule has 9 heteroatoms. The molecule has 0 unspecified atom stereocenters. The van der Waals surface area contributed by atoms with Gasteiger partial charge in [-0.2, -0.15) is 5.26 Å². The molecule has 0 radical (unpaired) electrons. The van der Waals surface area contributed by atoms with E-state index in [4.69, 9.17) is 5.26 Å². The molecule has 28 heavy (non-hydrogen) atoms. The summed E-state index contributed by atoms with van der Waals surface area (Å²) < 4.78 is 26.7. The van der Waals surface area contributed by atoms with Crippen LogP contribution in [0.5, 0.6) is 0 Å². The molecule has 2 amide bonds. The van der Waals surface area contributed by atoms with Crippen LogP contribution in [0.2, 0.25) is 0 Å². The summed E-state index contributed by atoms with van der Waals surface area (Å²) in [5.41, 5.74) is 1.66. The van der Waals surface area contributed by atoms with Crippen molar-refractivity contribution in [1.29, 1.82) is 5.26 Å². The van der Waals surface area contributed by atoms with Crippen molar-refractivity contribution in [2.45, 2.75) is 11.4 Å². The number of hydrogen-bond acceptors (Lipinski definition) is 5. The molecule has 146 valence electrons. The van der Waals surface area contributed by atoms with Crippen molar-refractivity contribution in [3.63, 3.8) is 0 Å². The van der Waals surface area contributed by atoms with Crippen molar-refractivity contribution in [3.05, 3.63) is 65.2 Å². The number of benzene rings is 2. The quantitative estimate of drug-likeness (QED) is 0.714. The lowest BCUT2D eigenvalue weighted by atomic mass is 10.1. The second-order valence-electron chi connectivity index (χ2n) is 5.99. The number of amides is 2. The first-order chi connectivity index (χ1) is 13.3. The fourth-order valence-corrected chi connectivity index (χ4v) is 3.33. The molecule has 0 saturated heterocycles. The van der Waals surface area contributed by atoms with Gasteiger partial charge in [-0.3, -0.25) is 9.59 Å². The highest BCUT2D eigenvalue weighted by atomic mass is 32.2. The van der Waals surface area contributed by atoms with Gasteiger partial charge < -0.3 is 10.2 Å². The van der Waals surface area contributed by atoms with Gasteiger partial charge in [0, 0.05) is 26.2 Å². The van der Waals surface area contributed by atoms with E-state index >= 15 is 0 Å². The number of sulfonamides is 1. The number of hydrogen-bond donors (Lipinski definition) is 2. The van der Waals surface area contributed by atoms with Crippen molar-refractivity contribution >= 4 is 21.8 Å². The minimum absolute atomic E-state index is 0.0215. The van der Waals surface area contributed by atoms with Gasteiger partial charge in [0.05, 0.1) is 23.1 Å². The zero-order chi connectivity index (χ0) is 20.7. The van der Waals surface area contributed by atoms with Gasteiger partial charge in [-0.05, 0) is 42.0 Å². The molecule has 2 aromatic carbocycles. The van der Waals surface area contributed by atoms with E-state index in [-0.39, 0.29) is 17.3 Å². The van der Waals surface area contributed by atoms with Crippen LogP contribution in [0.3, 0.4) is 0 Å². The molecule has 2 rings (SSSR count). The van der Waals surface area contributed by atoms with Crippen LogP contribution in [0.15, 0.2) is 53.4 Å². The summed E-state index contributed by atoms with van der Waals surface area (Å²) in [6, 6.07) is 14.1. The van der Waals surface area contributed by atoms with Crippen LogP contribution in [0.25, 0.3) is 0 Å². The molecule has 8 nitrogen and oxygen atoms in total. The number of nitriles is 1. The van der Waals surface area contributed by atoms with Crippen LogP contribution < -0.4 is 10.0 Å². The van der Waals surface area contributed by atoms with E-state index in [9.17, 15) is 18.0 Å². The number of carbonyl (C=O) groups excluding carboxylic acids is 2. The zero-order valence-electron chi connectivity index (χ0n) is 15.5. The zero-order valence-corrected chi connectivity index (χ0v) is 16.3. The Kier molecular flexibility index (Phi) is 6.87. The Hall–Kier alpha value is -3.22. The maximum atomic E-state index is 12.2. The average molecular weight is 400 g/mol. The van der Waals surface area contributed by atoms with Crippen LogP contribution in [-0.2, 0) is 21.4 Å². The molecule has 0 saturated carbocycles. The Bertz CT molecular complexity index is 994. The molecular formula is C19H20N4O4S. The van der Waals surface area contributed by atoms with E-state index in [1.54, 1.807) is 38.4 Å². The van der Waals surface area contributed by atoms with Crippen LogP contribution >= 0.6 is 0 Å². The lowest BCUT2D eigenvalue weighted by molar-refractivity contribution is -0.129. The maximum absolute atomic E-state index is 12.2. The molecule has 0 heterocycles. The molecule has 0 aliphatic rings. The lowest BCUT2D eigenvalue weighted by Crippen LogP contribution is -2.37. The van der Waals surface area contributed by atoms with Crippen molar-refractivity contribution in [2.24, 2.45) is 0 Å². The molecule has 0 aliphatic heterocycles. The smallest absolute Gasteiger partial charge is 0.251 e. The van der Waals surface area contributed by atoms with Crippen LogP contribution in [0.1, 0.15) is 21.5 Å². The molecule has 0 aliphatic carbocycles.